The first-order valence-electron chi connectivity index (χ1n) is 3.16. The van der Waals surface area contributed by atoms with Crippen LogP contribution < -0.4 is 5.90 Å². The van der Waals surface area contributed by atoms with E-state index < -0.39 is 12.1 Å². The first kappa shape index (κ1) is 13.3. The van der Waals surface area contributed by atoms with Crippen LogP contribution in [0.25, 0.3) is 0 Å². The smallest absolute Gasteiger partial charge is 0.334 e. The molecule has 0 aromatic heterocycles. The van der Waals surface area contributed by atoms with Gasteiger partial charge in [0.25, 0.3) is 0 Å². The Balaban J connectivity index is 0. The van der Waals surface area contributed by atoms with Gasteiger partial charge in [0, 0.05) is 0 Å². The zero-order valence-corrected chi connectivity index (χ0v) is 7.43. The second kappa shape index (κ2) is 6.39. The topological polar surface area (TPSA) is 72.5 Å². The molecule has 0 aliphatic rings. The molecule has 0 unspecified atom stereocenters. The average molecular weight is 184 g/mol. The van der Waals surface area contributed by atoms with Gasteiger partial charge in [-0.25, -0.2) is 10.7 Å². The number of nitrogens with two attached hydrogens (primary N) is 1. The molecule has 0 aliphatic heterocycles. The van der Waals surface area contributed by atoms with Crippen LogP contribution in [0.1, 0.15) is 20.3 Å². The Labute approximate surface area is 72.1 Å². The molecular formula is C6H14ClNO3. The van der Waals surface area contributed by atoms with Crippen LogP contribution in [0.3, 0.4) is 0 Å². The minimum absolute atomic E-state index is 0. The van der Waals surface area contributed by atoms with Crippen molar-refractivity contribution in [1.82, 2.24) is 0 Å². The van der Waals surface area contributed by atoms with Crippen LogP contribution in [-0.4, -0.2) is 17.2 Å². The fourth-order valence-corrected chi connectivity index (χ4v) is 0.643. The van der Waals surface area contributed by atoms with Crippen molar-refractivity contribution in [3.63, 3.8) is 0 Å². The van der Waals surface area contributed by atoms with Gasteiger partial charge in [0.05, 0.1) is 0 Å². The van der Waals surface area contributed by atoms with E-state index in [2.05, 4.69) is 4.84 Å². The van der Waals surface area contributed by atoms with E-state index in [-0.39, 0.29) is 18.3 Å². The van der Waals surface area contributed by atoms with Gasteiger partial charge in [-0.3, -0.25) is 4.84 Å². The van der Waals surface area contributed by atoms with Gasteiger partial charge in [-0.1, -0.05) is 13.8 Å². The zero-order chi connectivity index (χ0) is 8.15. The maximum absolute atomic E-state index is 10.3. The molecule has 3 N–H and O–H groups in total. The Hall–Kier alpha value is -0.320. The summed E-state index contributed by atoms with van der Waals surface area (Å²) in [7, 11) is 0. The maximum Gasteiger partial charge on any atom is 0.334 e. The molecule has 0 bridgehead atoms. The lowest BCUT2D eigenvalue weighted by molar-refractivity contribution is -0.151. The fourth-order valence-electron chi connectivity index (χ4n) is 0.643. The molecule has 0 aromatic rings. The van der Waals surface area contributed by atoms with Crippen LogP contribution >= 0.6 is 12.4 Å². The molecule has 0 spiro atoms. The Bertz CT molecular complexity index is 118. The summed E-state index contributed by atoms with van der Waals surface area (Å²) in [5, 5.41) is 8.42. The third-order valence-electron chi connectivity index (χ3n) is 1.13. The van der Waals surface area contributed by atoms with Gasteiger partial charge in [0.15, 0.2) is 6.10 Å². The molecule has 1 atom stereocenters. The highest BCUT2D eigenvalue weighted by molar-refractivity contribution is 5.85. The molecule has 0 rings (SSSR count). The van der Waals surface area contributed by atoms with Crippen molar-refractivity contribution < 1.29 is 14.7 Å². The van der Waals surface area contributed by atoms with E-state index in [0.29, 0.717) is 6.42 Å². The van der Waals surface area contributed by atoms with Crippen LogP contribution in [-0.2, 0) is 9.63 Å². The van der Waals surface area contributed by atoms with Crippen molar-refractivity contribution in [2.24, 2.45) is 11.8 Å². The highest BCUT2D eigenvalue weighted by Crippen LogP contribution is 2.06. The standard InChI is InChI=1S/C6H13NO3.ClH/c1-4(2)3-5(10-7)6(8)9;/h4-5H,3,7H2,1-2H3,(H,8,9);1H/t5-;/m1./s1. The molecule has 0 saturated carbocycles. The van der Waals surface area contributed by atoms with Crippen molar-refractivity contribution in [3.05, 3.63) is 0 Å². The van der Waals surface area contributed by atoms with E-state index in [9.17, 15) is 4.79 Å². The van der Waals surface area contributed by atoms with Crippen LogP contribution in [0.4, 0.5) is 0 Å². The summed E-state index contributed by atoms with van der Waals surface area (Å²) in [4.78, 5) is 14.5. The minimum atomic E-state index is -1.00. The lowest BCUT2D eigenvalue weighted by Gasteiger charge is -2.10. The second-order valence-corrected chi connectivity index (χ2v) is 2.59. The number of carbonyl (C=O) groups is 1. The van der Waals surface area contributed by atoms with Crippen LogP contribution in [0, 0.1) is 5.92 Å². The van der Waals surface area contributed by atoms with Crippen molar-refractivity contribution in [2.45, 2.75) is 26.4 Å². The number of aliphatic carboxylic acids is 1. The van der Waals surface area contributed by atoms with Gasteiger partial charge in [-0.05, 0) is 12.3 Å². The first-order valence-corrected chi connectivity index (χ1v) is 3.16. The van der Waals surface area contributed by atoms with Crippen molar-refractivity contribution >= 4 is 18.4 Å². The summed E-state index contributed by atoms with van der Waals surface area (Å²) in [5.74, 6) is 4.02. The summed E-state index contributed by atoms with van der Waals surface area (Å²) in [6.07, 6.45) is -0.411. The van der Waals surface area contributed by atoms with Gasteiger partial charge in [-0.2, -0.15) is 0 Å². The van der Waals surface area contributed by atoms with E-state index in [4.69, 9.17) is 11.0 Å². The monoisotopic (exact) mass is 183 g/mol. The zero-order valence-electron chi connectivity index (χ0n) is 6.61. The van der Waals surface area contributed by atoms with Crippen LogP contribution in [0.2, 0.25) is 0 Å². The Morgan fingerprint density at radius 1 is 1.64 bits per heavy atom. The number of hydrogen-bond donors (Lipinski definition) is 2. The van der Waals surface area contributed by atoms with E-state index in [1.54, 1.807) is 0 Å². The molecule has 4 nitrogen and oxygen atoms in total. The highest BCUT2D eigenvalue weighted by atomic mass is 35.5. The lowest BCUT2D eigenvalue weighted by atomic mass is 10.1. The summed E-state index contributed by atoms with van der Waals surface area (Å²) in [6, 6.07) is 0. The van der Waals surface area contributed by atoms with E-state index in [1.165, 1.54) is 0 Å². The molecule has 5 heteroatoms. The molecule has 0 fully saturated rings. The summed E-state index contributed by atoms with van der Waals surface area (Å²) in [5.41, 5.74) is 0. The Kier molecular flexibility index (Phi) is 7.72. The average Bonchev–Trinajstić information content (AvgIpc) is 1.81. The molecule has 0 saturated heterocycles. The fraction of sp³-hybridized carbons (Fsp3) is 0.833. The quantitative estimate of drug-likeness (QED) is 0.633. The Morgan fingerprint density at radius 2 is 2.09 bits per heavy atom. The Morgan fingerprint density at radius 3 is 2.18 bits per heavy atom. The molecule has 68 valence electrons. The van der Waals surface area contributed by atoms with Gasteiger partial charge in [0.1, 0.15) is 0 Å². The third-order valence-corrected chi connectivity index (χ3v) is 1.13. The van der Waals surface area contributed by atoms with Gasteiger partial charge < -0.3 is 5.11 Å². The maximum atomic E-state index is 10.3. The molecular weight excluding hydrogens is 170 g/mol. The number of hydrogen-bond acceptors (Lipinski definition) is 3. The largest absolute Gasteiger partial charge is 0.479 e. The molecule has 0 amide bonds. The van der Waals surface area contributed by atoms with Crippen LogP contribution in [0.5, 0.6) is 0 Å². The van der Waals surface area contributed by atoms with E-state index >= 15 is 0 Å². The molecule has 11 heavy (non-hydrogen) atoms. The minimum Gasteiger partial charge on any atom is -0.479 e. The number of carboxylic acids is 1. The predicted octanol–water partition coefficient (Wildman–Crippen LogP) is 0.798. The summed E-state index contributed by atoms with van der Waals surface area (Å²) in [6.45, 7) is 3.82. The van der Waals surface area contributed by atoms with Crippen molar-refractivity contribution in [1.29, 1.82) is 0 Å². The second-order valence-electron chi connectivity index (χ2n) is 2.59. The van der Waals surface area contributed by atoms with Crippen molar-refractivity contribution in [2.75, 3.05) is 0 Å². The van der Waals surface area contributed by atoms with Gasteiger partial charge >= 0.3 is 5.97 Å². The van der Waals surface area contributed by atoms with E-state index in [1.807, 2.05) is 13.8 Å². The predicted molar refractivity (Wildman–Crippen MR) is 43.4 cm³/mol. The summed E-state index contributed by atoms with van der Waals surface area (Å²) < 4.78 is 0. The first-order chi connectivity index (χ1) is 4.57. The van der Waals surface area contributed by atoms with Gasteiger partial charge in [0.2, 0.25) is 0 Å². The molecule has 0 radical (unpaired) electrons. The van der Waals surface area contributed by atoms with Gasteiger partial charge in [-0.15, -0.1) is 12.4 Å². The number of carboxylic acid groups (broad SMARTS) is 1. The van der Waals surface area contributed by atoms with Crippen molar-refractivity contribution in [3.8, 4) is 0 Å². The third kappa shape index (κ3) is 6.09. The van der Waals surface area contributed by atoms with Crippen LogP contribution in [0.15, 0.2) is 0 Å². The van der Waals surface area contributed by atoms with E-state index in [0.717, 1.165) is 0 Å². The number of halogens is 1. The SMILES string of the molecule is CC(C)C[C@@H](ON)C(=O)O.Cl. The summed E-state index contributed by atoms with van der Waals surface area (Å²) >= 11 is 0. The molecule has 0 aromatic carbocycles. The normalized spacial score (nSPS) is 12.4. The highest BCUT2D eigenvalue weighted by Gasteiger charge is 2.17. The lowest BCUT2D eigenvalue weighted by Crippen LogP contribution is -2.28. The molecule has 0 heterocycles. The number of rotatable bonds is 4. The molecule has 0 aliphatic carbocycles.